The van der Waals surface area contributed by atoms with Crippen LogP contribution >= 0.6 is 0 Å². The molecule has 0 aromatic heterocycles. The van der Waals surface area contributed by atoms with E-state index >= 15 is 0 Å². The first kappa shape index (κ1) is 9.31. The van der Waals surface area contributed by atoms with Crippen molar-refractivity contribution in [1.29, 1.82) is 0 Å². The normalized spacial score (nSPS) is 25.1. The van der Waals surface area contributed by atoms with Gasteiger partial charge in [-0.15, -0.1) is 0 Å². The zero-order valence-electron chi connectivity index (χ0n) is 8.43. The highest BCUT2D eigenvalue weighted by Gasteiger charge is 2.31. The summed E-state index contributed by atoms with van der Waals surface area (Å²) < 4.78 is 19.1. The van der Waals surface area contributed by atoms with Crippen LogP contribution in [0.5, 0.6) is 5.75 Å². The molecule has 14 heavy (non-hydrogen) atoms. The maximum absolute atomic E-state index is 14.0. The highest BCUT2D eigenvalue weighted by Crippen LogP contribution is 2.39. The van der Waals surface area contributed by atoms with E-state index in [1.807, 2.05) is 6.07 Å². The number of hydrogen-bond acceptors (Lipinski definition) is 2. The Labute approximate surface area is 83.1 Å². The Bertz CT molecular complexity index is 349. The molecule has 0 fully saturated rings. The predicted molar refractivity (Wildman–Crippen MR) is 54.6 cm³/mol. The van der Waals surface area contributed by atoms with E-state index < -0.39 is 5.67 Å². The number of halogens is 1. The minimum Gasteiger partial charge on any atom is -0.497 e. The molecule has 0 amide bonds. The Kier molecular flexibility index (Phi) is 2.10. The lowest BCUT2D eigenvalue weighted by atomic mass is 9.90. The number of nitrogens with one attached hydrogen (secondary N) is 1. The fraction of sp³-hybridized carbons (Fsp3) is 0.455. The molecule has 0 aliphatic carbocycles. The van der Waals surface area contributed by atoms with E-state index in [-0.39, 0.29) is 0 Å². The highest BCUT2D eigenvalue weighted by molar-refractivity contribution is 5.59. The van der Waals surface area contributed by atoms with Gasteiger partial charge in [0.1, 0.15) is 11.4 Å². The van der Waals surface area contributed by atoms with Crippen LogP contribution in [0, 0.1) is 0 Å². The van der Waals surface area contributed by atoms with Crippen LogP contribution in [-0.4, -0.2) is 13.7 Å². The Morgan fingerprint density at radius 1 is 1.50 bits per heavy atom. The van der Waals surface area contributed by atoms with Gasteiger partial charge in [0.2, 0.25) is 0 Å². The molecule has 1 aliphatic heterocycles. The van der Waals surface area contributed by atoms with Crippen LogP contribution < -0.4 is 10.1 Å². The average Bonchev–Trinajstić information content (AvgIpc) is 2.16. The molecule has 76 valence electrons. The first-order valence-corrected chi connectivity index (χ1v) is 4.75. The Balaban J connectivity index is 2.46. The van der Waals surface area contributed by atoms with Crippen molar-refractivity contribution in [3.63, 3.8) is 0 Å². The van der Waals surface area contributed by atoms with Crippen LogP contribution in [0.3, 0.4) is 0 Å². The molecule has 1 atom stereocenters. The minimum absolute atomic E-state index is 0.520. The molecular formula is C11H14FNO. The molecule has 1 N–H and O–H groups in total. The molecule has 1 aromatic rings. The molecule has 0 bridgehead atoms. The number of hydrogen-bond donors (Lipinski definition) is 1. The van der Waals surface area contributed by atoms with Crippen molar-refractivity contribution >= 4 is 5.69 Å². The lowest BCUT2D eigenvalue weighted by molar-refractivity contribution is 0.178. The van der Waals surface area contributed by atoms with E-state index in [2.05, 4.69) is 5.32 Å². The summed E-state index contributed by atoms with van der Waals surface area (Å²) >= 11 is 0. The van der Waals surface area contributed by atoms with Crippen molar-refractivity contribution in [3.05, 3.63) is 23.8 Å². The van der Waals surface area contributed by atoms with Crippen molar-refractivity contribution in [1.82, 2.24) is 0 Å². The van der Waals surface area contributed by atoms with E-state index in [0.29, 0.717) is 13.0 Å². The topological polar surface area (TPSA) is 21.3 Å². The van der Waals surface area contributed by atoms with Gasteiger partial charge in [-0.3, -0.25) is 0 Å². The van der Waals surface area contributed by atoms with Crippen LogP contribution in [0.15, 0.2) is 18.2 Å². The van der Waals surface area contributed by atoms with Crippen molar-refractivity contribution in [2.24, 2.45) is 0 Å². The summed E-state index contributed by atoms with van der Waals surface area (Å²) in [7, 11) is 1.61. The minimum atomic E-state index is -1.22. The SMILES string of the molecule is COc1ccc2c(c1)NCCC2(C)F. The van der Waals surface area contributed by atoms with Crippen LogP contribution in [0.25, 0.3) is 0 Å². The number of benzene rings is 1. The predicted octanol–water partition coefficient (Wildman–Crippen LogP) is 2.70. The maximum atomic E-state index is 14.0. The van der Waals surface area contributed by atoms with Gasteiger partial charge < -0.3 is 10.1 Å². The fourth-order valence-electron chi connectivity index (χ4n) is 1.82. The summed E-state index contributed by atoms with van der Waals surface area (Å²) in [5.41, 5.74) is 0.359. The molecule has 3 heteroatoms. The third-order valence-electron chi connectivity index (χ3n) is 2.70. The highest BCUT2D eigenvalue weighted by atomic mass is 19.1. The molecule has 2 nitrogen and oxygen atoms in total. The third kappa shape index (κ3) is 1.43. The van der Waals surface area contributed by atoms with Gasteiger partial charge in [0.05, 0.1) is 7.11 Å². The first-order valence-electron chi connectivity index (χ1n) is 4.75. The summed E-state index contributed by atoms with van der Waals surface area (Å²) in [5.74, 6) is 0.758. The number of ether oxygens (including phenoxy) is 1. The summed E-state index contributed by atoms with van der Waals surface area (Å²) in [6.45, 7) is 2.30. The summed E-state index contributed by atoms with van der Waals surface area (Å²) in [5, 5.41) is 3.17. The third-order valence-corrected chi connectivity index (χ3v) is 2.70. The summed E-state index contributed by atoms with van der Waals surface area (Å²) in [6.07, 6.45) is 0.520. The zero-order chi connectivity index (χ0) is 10.2. The smallest absolute Gasteiger partial charge is 0.136 e. The van der Waals surface area contributed by atoms with Crippen molar-refractivity contribution in [2.75, 3.05) is 19.0 Å². The van der Waals surface area contributed by atoms with Crippen molar-refractivity contribution < 1.29 is 9.13 Å². The van der Waals surface area contributed by atoms with E-state index in [1.54, 1.807) is 26.2 Å². The second kappa shape index (κ2) is 3.15. The van der Waals surface area contributed by atoms with Gasteiger partial charge >= 0.3 is 0 Å². The van der Waals surface area contributed by atoms with Crippen molar-refractivity contribution in [2.45, 2.75) is 19.0 Å². The lowest BCUT2D eigenvalue weighted by Crippen LogP contribution is -2.26. The molecular weight excluding hydrogens is 181 g/mol. The van der Waals surface area contributed by atoms with Gasteiger partial charge in [-0.2, -0.15) is 0 Å². The molecule has 1 unspecified atom stereocenters. The monoisotopic (exact) mass is 195 g/mol. The number of anilines is 1. The van der Waals surface area contributed by atoms with Crippen LogP contribution in [-0.2, 0) is 5.67 Å². The van der Waals surface area contributed by atoms with Crippen LogP contribution in [0.2, 0.25) is 0 Å². The average molecular weight is 195 g/mol. The summed E-state index contributed by atoms with van der Waals surface area (Å²) in [4.78, 5) is 0. The molecule has 1 heterocycles. The summed E-state index contributed by atoms with van der Waals surface area (Å²) in [6, 6.07) is 5.43. The molecule has 0 saturated carbocycles. The van der Waals surface area contributed by atoms with Crippen LogP contribution in [0.4, 0.5) is 10.1 Å². The second-order valence-corrected chi connectivity index (χ2v) is 3.79. The van der Waals surface area contributed by atoms with E-state index in [0.717, 1.165) is 17.0 Å². The first-order chi connectivity index (χ1) is 6.63. The standard InChI is InChI=1S/C11H14FNO/c1-11(12)5-6-13-10-7-8(14-2)3-4-9(10)11/h3-4,7,13H,5-6H2,1-2H3. The van der Waals surface area contributed by atoms with Gasteiger partial charge in [0, 0.05) is 30.3 Å². The molecule has 2 rings (SSSR count). The second-order valence-electron chi connectivity index (χ2n) is 3.79. The number of rotatable bonds is 1. The van der Waals surface area contributed by atoms with Gasteiger partial charge in [-0.05, 0) is 13.0 Å². The molecule has 0 spiro atoms. The van der Waals surface area contributed by atoms with Gasteiger partial charge in [-0.25, -0.2) is 4.39 Å². The Morgan fingerprint density at radius 3 is 3.00 bits per heavy atom. The van der Waals surface area contributed by atoms with E-state index in [4.69, 9.17) is 4.74 Å². The van der Waals surface area contributed by atoms with E-state index in [9.17, 15) is 4.39 Å². The number of fused-ring (bicyclic) bond motifs is 1. The molecule has 0 radical (unpaired) electrons. The Morgan fingerprint density at radius 2 is 2.29 bits per heavy atom. The number of methoxy groups -OCH3 is 1. The largest absolute Gasteiger partial charge is 0.497 e. The van der Waals surface area contributed by atoms with Crippen LogP contribution in [0.1, 0.15) is 18.9 Å². The molecule has 1 aliphatic rings. The zero-order valence-corrected chi connectivity index (χ0v) is 8.43. The van der Waals surface area contributed by atoms with Crippen molar-refractivity contribution in [3.8, 4) is 5.75 Å². The van der Waals surface area contributed by atoms with Gasteiger partial charge in [-0.1, -0.05) is 6.07 Å². The van der Waals surface area contributed by atoms with Gasteiger partial charge in [0.15, 0.2) is 0 Å². The maximum Gasteiger partial charge on any atom is 0.136 e. The lowest BCUT2D eigenvalue weighted by Gasteiger charge is -2.29. The quantitative estimate of drug-likeness (QED) is 0.743. The Hall–Kier alpha value is -1.25. The molecule has 1 aromatic carbocycles. The molecule has 0 saturated heterocycles. The number of alkyl halides is 1. The fourth-order valence-corrected chi connectivity index (χ4v) is 1.82. The van der Waals surface area contributed by atoms with Gasteiger partial charge in [0.25, 0.3) is 0 Å². The van der Waals surface area contributed by atoms with E-state index in [1.165, 1.54) is 0 Å².